The largest absolute Gasteiger partial charge is 0.395 e. The van der Waals surface area contributed by atoms with Gasteiger partial charge in [0, 0.05) is 25.0 Å². The molecule has 0 aliphatic heterocycles. The van der Waals surface area contributed by atoms with Gasteiger partial charge in [-0.25, -0.2) is 4.39 Å². The molecule has 1 unspecified atom stereocenters. The van der Waals surface area contributed by atoms with Gasteiger partial charge in [0.2, 0.25) is 5.62 Å². The van der Waals surface area contributed by atoms with Gasteiger partial charge in [0.05, 0.1) is 18.5 Å². The molecule has 4 rings (SSSR count). The first kappa shape index (κ1) is 24.8. The van der Waals surface area contributed by atoms with E-state index in [0.29, 0.717) is 11.1 Å². The predicted molar refractivity (Wildman–Crippen MR) is 123 cm³/mol. The third-order valence-corrected chi connectivity index (χ3v) is 6.62. The van der Waals surface area contributed by atoms with Crippen molar-refractivity contribution in [3.63, 3.8) is 0 Å². The number of carbonyl (C=O) groups is 1. The summed E-state index contributed by atoms with van der Waals surface area (Å²) >= 11 is 0. The van der Waals surface area contributed by atoms with Gasteiger partial charge in [-0.1, -0.05) is 18.2 Å². The Bertz CT molecular complexity index is 1300. The van der Waals surface area contributed by atoms with E-state index in [2.05, 4.69) is 5.32 Å². The molecule has 9 heteroatoms. The zero-order valence-electron chi connectivity index (χ0n) is 19.8. The summed E-state index contributed by atoms with van der Waals surface area (Å²) in [6.45, 7) is 2.88. The van der Waals surface area contributed by atoms with E-state index in [-0.39, 0.29) is 41.1 Å². The molecule has 35 heavy (non-hydrogen) atoms. The fourth-order valence-corrected chi connectivity index (χ4v) is 4.22. The van der Waals surface area contributed by atoms with E-state index in [1.165, 1.54) is 18.2 Å². The molecule has 1 aliphatic carbocycles. The Balaban J connectivity index is 1.68. The first-order valence-electron chi connectivity index (χ1n) is 11.5. The molecule has 0 spiro atoms. The highest BCUT2D eigenvalue weighted by atomic mass is 19.4. The fourth-order valence-electron chi connectivity index (χ4n) is 4.22. The van der Waals surface area contributed by atoms with Crippen molar-refractivity contribution in [3.8, 4) is 0 Å². The topological polar surface area (TPSA) is 62.8 Å². The Kier molecular flexibility index (Phi) is 6.62. The number of rotatable bonds is 7. The van der Waals surface area contributed by atoms with Crippen LogP contribution in [-0.2, 0) is 13.6 Å². The van der Waals surface area contributed by atoms with Crippen LogP contribution in [0.5, 0.6) is 0 Å². The summed E-state index contributed by atoms with van der Waals surface area (Å²) < 4.78 is 57.6. The van der Waals surface area contributed by atoms with E-state index >= 15 is 0 Å². The molecule has 0 bridgehead atoms. The molecule has 1 aliphatic rings. The second kappa shape index (κ2) is 9.36. The van der Waals surface area contributed by atoms with Crippen molar-refractivity contribution in [2.24, 2.45) is 13.0 Å². The summed E-state index contributed by atoms with van der Waals surface area (Å²) in [5.74, 6) is -2.37. The lowest BCUT2D eigenvalue weighted by Gasteiger charge is -2.21. The van der Waals surface area contributed by atoms with Gasteiger partial charge in [-0.2, -0.15) is 13.2 Å². The number of hydrogen-bond acceptors (Lipinski definition) is 2. The number of nitrogens with zero attached hydrogens (tertiary/aromatic N) is 2. The molecule has 1 amide bonds. The van der Waals surface area contributed by atoms with Crippen molar-refractivity contribution in [1.29, 1.82) is 5.41 Å². The molecule has 3 aromatic rings. The van der Waals surface area contributed by atoms with Crippen LogP contribution in [0.15, 0.2) is 48.8 Å². The number of nitrogens with one attached hydrogen (secondary N) is 2. The number of hydrogen-bond donors (Lipinski definition) is 2. The maximum atomic E-state index is 13.8. The van der Waals surface area contributed by atoms with Crippen LogP contribution < -0.4 is 10.9 Å². The number of aryl methyl sites for hydroxylation is 2. The van der Waals surface area contributed by atoms with Gasteiger partial charge in [-0.15, -0.1) is 0 Å². The minimum Gasteiger partial charge on any atom is -0.345 e. The van der Waals surface area contributed by atoms with E-state index in [1.54, 1.807) is 53.7 Å². The summed E-state index contributed by atoms with van der Waals surface area (Å²) in [7, 11) is 1.70. The van der Waals surface area contributed by atoms with Crippen molar-refractivity contribution < 1.29 is 22.4 Å². The van der Waals surface area contributed by atoms with Gasteiger partial charge < -0.3 is 14.5 Å². The summed E-state index contributed by atoms with van der Waals surface area (Å²) in [6.07, 6.45) is 0.712. The normalized spacial score (nSPS) is 15.6. The molecule has 0 radical (unpaired) electrons. The summed E-state index contributed by atoms with van der Waals surface area (Å²) in [6, 6.07) is 8.66. The minimum atomic E-state index is -4.46. The predicted octanol–water partition coefficient (Wildman–Crippen LogP) is 5.35. The number of aromatic nitrogens is 2. The Labute approximate surface area is 200 Å². The lowest BCUT2D eigenvalue weighted by atomic mass is 9.94. The average molecular weight is 489 g/mol. The van der Waals surface area contributed by atoms with Gasteiger partial charge in [-0.05, 0) is 73.1 Å². The third-order valence-electron chi connectivity index (χ3n) is 6.62. The number of amides is 1. The van der Waals surface area contributed by atoms with Crippen LogP contribution in [0.1, 0.15) is 64.3 Å². The second-order valence-corrected chi connectivity index (χ2v) is 9.38. The van der Waals surface area contributed by atoms with E-state index in [1.807, 2.05) is 0 Å². The van der Waals surface area contributed by atoms with Gasteiger partial charge in [0.1, 0.15) is 5.82 Å². The zero-order valence-corrected chi connectivity index (χ0v) is 19.8. The molecule has 2 atom stereocenters. The number of carbonyl (C=O) groups excluding carboxylic acids is 1. The number of halogens is 4. The molecule has 186 valence electrons. The summed E-state index contributed by atoms with van der Waals surface area (Å²) in [5, 5.41) is 11.1. The van der Waals surface area contributed by atoms with Gasteiger partial charge in [-0.3, -0.25) is 10.2 Å². The zero-order chi connectivity index (χ0) is 25.5. The van der Waals surface area contributed by atoms with Crippen LogP contribution >= 0.6 is 0 Å². The molecule has 1 saturated carbocycles. The van der Waals surface area contributed by atoms with Crippen molar-refractivity contribution in [2.45, 2.75) is 51.4 Å². The van der Waals surface area contributed by atoms with Crippen molar-refractivity contribution >= 4 is 5.91 Å². The Morgan fingerprint density at radius 2 is 1.86 bits per heavy atom. The van der Waals surface area contributed by atoms with E-state index in [4.69, 9.17) is 5.41 Å². The Morgan fingerprint density at radius 3 is 2.43 bits per heavy atom. The number of alkyl halides is 3. The number of imidazole rings is 1. The SMILES string of the molecule is Cc1cc([C@@H](NC(=O)c2cc(Cn3ccn(C)c3=N)cc(C(C)C(F)(F)F)c2)C2CC2)ccc1F. The summed E-state index contributed by atoms with van der Waals surface area (Å²) in [4.78, 5) is 13.3. The first-order valence-corrected chi connectivity index (χ1v) is 11.5. The van der Waals surface area contributed by atoms with Crippen molar-refractivity contribution in [3.05, 3.63) is 88.0 Å². The van der Waals surface area contributed by atoms with Gasteiger partial charge in [0.25, 0.3) is 5.91 Å². The van der Waals surface area contributed by atoms with E-state index in [9.17, 15) is 22.4 Å². The molecule has 1 heterocycles. The third kappa shape index (κ3) is 5.49. The molecule has 2 aromatic carbocycles. The lowest BCUT2D eigenvalue weighted by Crippen LogP contribution is -2.30. The van der Waals surface area contributed by atoms with Crippen molar-refractivity contribution in [2.75, 3.05) is 0 Å². The Hall–Kier alpha value is -3.36. The molecule has 1 aromatic heterocycles. The van der Waals surface area contributed by atoms with Crippen LogP contribution in [0.3, 0.4) is 0 Å². The smallest absolute Gasteiger partial charge is 0.345 e. The fraction of sp³-hybridized carbons (Fsp3) is 0.385. The second-order valence-electron chi connectivity index (χ2n) is 9.38. The van der Waals surface area contributed by atoms with Crippen LogP contribution in [0.25, 0.3) is 0 Å². The first-order chi connectivity index (χ1) is 16.4. The minimum absolute atomic E-state index is 0.0104. The summed E-state index contributed by atoms with van der Waals surface area (Å²) in [5.41, 5.74) is 2.04. The molecule has 5 nitrogen and oxygen atoms in total. The Morgan fingerprint density at radius 1 is 1.14 bits per heavy atom. The molecule has 1 fully saturated rings. The molecule has 0 saturated heterocycles. The maximum Gasteiger partial charge on any atom is 0.395 e. The number of benzene rings is 2. The van der Waals surface area contributed by atoms with Crippen LogP contribution in [0.2, 0.25) is 0 Å². The quantitative estimate of drug-likeness (QED) is 0.433. The van der Waals surface area contributed by atoms with E-state index in [0.717, 1.165) is 25.3 Å². The standard InChI is InChI=1S/C26H28F4N4O/c1-15-10-19(6-7-22(15)27)23(18-4-5-18)32-24(35)21-12-17(14-34-9-8-33(3)25(34)31)11-20(13-21)16(2)26(28,29)30/h6-13,16,18,23,31H,4-5,14H2,1-3H3,(H,32,35)/t16?,23-/m0/s1. The lowest BCUT2D eigenvalue weighted by molar-refractivity contribution is -0.146. The monoisotopic (exact) mass is 488 g/mol. The highest BCUT2D eigenvalue weighted by Gasteiger charge is 2.38. The maximum absolute atomic E-state index is 13.8. The van der Waals surface area contributed by atoms with Gasteiger partial charge >= 0.3 is 6.18 Å². The van der Waals surface area contributed by atoms with Crippen molar-refractivity contribution in [1.82, 2.24) is 14.5 Å². The van der Waals surface area contributed by atoms with E-state index < -0.39 is 18.0 Å². The molecular weight excluding hydrogens is 460 g/mol. The highest BCUT2D eigenvalue weighted by molar-refractivity contribution is 5.95. The van der Waals surface area contributed by atoms with Crippen LogP contribution in [-0.4, -0.2) is 21.2 Å². The van der Waals surface area contributed by atoms with Crippen LogP contribution in [0, 0.1) is 24.1 Å². The van der Waals surface area contributed by atoms with Gasteiger partial charge in [0.15, 0.2) is 0 Å². The molecule has 2 N–H and O–H groups in total. The highest BCUT2D eigenvalue weighted by Crippen LogP contribution is 2.41. The van der Waals surface area contributed by atoms with Crippen LogP contribution in [0.4, 0.5) is 17.6 Å². The molecular formula is C26H28F4N4O. The average Bonchev–Trinajstić information content (AvgIpc) is 3.60.